The number of hydrogen-bond donors (Lipinski definition) is 1. The lowest BCUT2D eigenvalue weighted by molar-refractivity contribution is -0.115. The van der Waals surface area contributed by atoms with E-state index in [1.54, 1.807) is 27.7 Å². The van der Waals surface area contributed by atoms with E-state index in [9.17, 15) is 4.79 Å². The molecule has 0 bridgehead atoms. The zero-order valence-electron chi connectivity index (χ0n) is 15.2. The van der Waals surface area contributed by atoms with Crippen molar-refractivity contribution in [2.24, 2.45) is 0 Å². The van der Waals surface area contributed by atoms with Gasteiger partial charge in [0, 0.05) is 23.5 Å². The molecule has 7 heteroatoms. The topological polar surface area (TPSA) is 64.7 Å². The molecule has 2 aromatic carbocycles. The number of aromatic nitrogens is 4. The van der Waals surface area contributed by atoms with Gasteiger partial charge in [0.1, 0.15) is 5.82 Å². The van der Waals surface area contributed by atoms with E-state index in [-0.39, 0.29) is 12.3 Å². The molecule has 140 valence electrons. The smallest absolute Gasteiger partial charge is 0.229 e. The summed E-state index contributed by atoms with van der Waals surface area (Å²) in [5.41, 5.74) is 3.51. The lowest BCUT2D eigenvalue weighted by Gasteiger charge is -2.09. The number of carbonyl (C=O) groups is 1. The summed E-state index contributed by atoms with van der Waals surface area (Å²) in [4.78, 5) is 12.6. The van der Waals surface area contributed by atoms with Crippen molar-refractivity contribution < 1.29 is 4.79 Å². The molecule has 1 amide bonds. The Morgan fingerprint density at radius 1 is 1.07 bits per heavy atom. The van der Waals surface area contributed by atoms with Crippen LogP contribution in [-0.4, -0.2) is 25.5 Å². The Morgan fingerprint density at radius 2 is 1.79 bits per heavy atom. The van der Waals surface area contributed by atoms with Gasteiger partial charge in [0.25, 0.3) is 0 Å². The fourth-order valence-electron chi connectivity index (χ4n) is 2.93. The minimum Gasteiger partial charge on any atom is -0.310 e. The molecule has 0 radical (unpaired) electrons. The number of anilines is 1. The summed E-state index contributed by atoms with van der Waals surface area (Å²) in [5, 5.41) is 12.3. The van der Waals surface area contributed by atoms with Gasteiger partial charge in [-0.3, -0.25) is 4.79 Å². The third-order valence-electron chi connectivity index (χ3n) is 4.24. The van der Waals surface area contributed by atoms with Crippen molar-refractivity contribution in [3.8, 4) is 11.4 Å². The summed E-state index contributed by atoms with van der Waals surface area (Å²) < 4.78 is 3.47. The predicted octanol–water partition coefficient (Wildman–Crippen LogP) is 4.20. The summed E-state index contributed by atoms with van der Waals surface area (Å²) in [7, 11) is 0. The summed E-state index contributed by atoms with van der Waals surface area (Å²) in [6, 6.07) is 18.8. The third-order valence-corrected chi connectivity index (χ3v) is 4.49. The van der Waals surface area contributed by atoms with Crippen molar-refractivity contribution in [2.75, 3.05) is 5.32 Å². The van der Waals surface area contributed by atoms with Crippen LogP contribution in [-0.2, 0) is 11.2 Å². The van der Waals surface area contributed by atoms with Crippen molar-refractivity contribution >= 4 is 23.3 Å². The summed E-state index contributed by atoms with van der Waals surface area (Å²) >= 11 is 5.96. The molecule has 0 atom stereocenters. The molecule has 0 spiro atoms. The molecule has 0 aliphatic heterocycles. The van der Waals surface area contributed by atoms with Crippen LogP contribution in [0.5, 0.6) is 0 Å². The minimum absolute atomic E-state index is 0.109. The number of aryl methyl sites for hydroxylation is 1. The van der Waals surface area contributed by atoms with Crippen LogP contribution in [0.4, 0.5) is 5.82 Å². The third kappa shape index (κ3) is 3.97. The van der Waals surface area contributed by atoms with Crippen LogP contribution in [0.3, 0.4) is 0 Å². The Kier molecular flexibility index (Phi) is 4.95. The van der Waals surface area contributed by atoms with Crippen LogP contribution < -0.4 is 5.32 Å². The normalized spacial score (nSPS) is 10.8. The lowest BCUT2D eigenvalue weighted by atomic mass is 10.1. The van der Waals surface area contributed by atoms with E-state index >= 15 is 0 Å². The number of halogens is 1. The highest BCUT2D eigenvalue weighted by Crippen LogP contribution is 2.19. The van der Waals surface area contributed by atoms with E-state index in [1.165, 1.54) is 0 Å². The first kappa shape index (κ1) is 18.0. The van der Waals surface area contributed by atoms with Crippen molar-refractivity contribution in [1.82, 2.24) is 19.6 Å². The largest absolute Gasteiger partial charge is 0.310 e. The summed E-state index contributed by atoms with van der Waals surface area (Å²) in [5.74, 6) is 0.514. The highest BCUT2D eigenvalue weighted by molar-refractivity contribution is 6.30. The number of amides is 1. The number of nitrogens with one attached hydrogen (secondary N) is 1. The van der Waals surface area contributed by atoms with Crippen molar-refractivity contribution in [3.05, 3.63) is 89.3 Å². The molecule has 6 nitrogen and oxygen atoms in total. The van der Waals surface area contributed by atoms with E-state index in [1.807, 2.05) is 61.7 Å². The second-order valence-electron chi connectivity index (χ2n) is 6.40. The Balaban J connectivity index is 1.48. The zero-order valence-corrected chi connectivity index (χ0v) is 16.0. The van der Waals surface area contributed by atoms with Gasteiger partial charge in [0.05, 0.1) is 23.5 Å². The fraction of sp³-hybridized carbons (Fsp3) is 0.0952. The monoisotopic (exact) mass is 391 g/mol. The van der Waals surface area contributed by atoms with E-state index in [2.05, 4.69) is 15.5 Å². The molecular weight excluding hydrogens is 374 g/mol. The molecule has 0 aliphatic carbocycles. The van der Waals surface area contributed by atoms with Crippen molar-refractivity contribution in [1.29, 1.82) is 0 Å². The Morgan fingerprint density at radius 3 is 2.46 bits per heavy atom. The van der Waals surface area contributed by atoms with E-state index < -0.39 is 0 Å². The van der Waals surface area contributed by atoms with Gasteiger partial charge < -0.3 is 5.32 Å². The number of nitrogens with zero attached hydrogens (tertiary/aromatic N) is 4. The highest BCUT2D eigenvalue weighted by atomic mass is 35.5. The van der Waals surface area contributed by atoms with Crippen LogP contribution in [0, 0.1) is 6.92 Å². The predicted molar refractivity (Wildman–Crippen MR) is 109 cm³/mol. The molecule has 0 unspecified atom stereocenters. The molecule has 2 aromatic heterocycles. The van der Waals surface area contributed by atoms with Gasteiger partial charge >= 0.3 is 0 Å². The Hall–Kier alpha value is -3.38. The minimum atomic E-state index is -0.109. The Labute approximate surface area is 167 Å². The quantitative estimate of drug-likeness (QED) is 0.554. The van der Waals surface area contributed by atoms with Crippen LogP contribution in [0.1, 0.15) is 11.3 Å². The molecule has 2 heterocycles. The molecule has 4 aromatic rings. The maximum Gasteiger partial charge on any atom is 0.229 e. The summed E-state index contributed by atoms with van der Waals surface area (Å²) in [6.07, 6.45) is 3.87. The average Bonchev–Trinajstić information content (AvgIpc) is 3.33. The second-order valence-corrected chi connectivity index (χ2v) is 6.84. The highest BCUT2D eigenvalue weighted by Gasteiger charge is 2.12. The molecule has 0 aliphatic rings. The Bertz CT molecular complexity index is 1080. The van der Waals surface area contributed by atoms with E-state index in [0.29, 0.717) is 10.8 Å². The van der Waals surface area contributed by atoms with Gasteiger partial charge in [-0.2, -0.15) is 10.2 Å². The van der Waals surface area contributed by atoms with Gasteiger partial charge in [0.2, 0.25) is 5.91 Å². The first-order valence-electron chi connectivity index (χ1n) is 8.80. The van der Waals surface area contributed by atoms with Crippen molar-refractivity contribution in [3.63, 3.8) is 0 Å². The number of hydrogen-bond acceptors (Lipinski definition) is 3. The number of benzene rings is 2. The maximum atomic E-state index is 12.6. The van der Waals surface area contributed by atoms with Crippen LogP contribution in [0.15, 0.2) is 73.1 Å². The zero-order chi connectivity index (χ0) is 19.5. The van der Waals surface area contributed by atoms with Crippen LogP contribution in [0.25, 0.3) is 11.4 Å². The van der Waals surface area contributed by atoms with Gasteiger partial charge in [-0.05, 0) is 55.0 Å². The average molecular weight is 392 g/mol. The summed E-state index contributed by atoms with van der Waals surface area (Å²) in [6.45, 7) is 1.89. The van der Waals surface area contributed by atoms with Crippen LogP contribution >= 0.6 is 11.6 Å². The molecule has 0 fully saturated rings. The van der Waals surface area contributed by atoms with Crippen LogP contribution in [0.2, 0.25) is 5.02 Å². The molecular formula is C21H18ClN5O. The molecule has 0 saturated carbocycles. The second kappa shape index (κ2) is 7.70. The van der Waals surface area contributed by atoms with Crippen molar-refractivity contribution in [2.45, 2.75) is 13.3 Å². The SMILES string of the molecule is Cc1cc(NC(=O)Cc2ccc(-n3cccn3)cc2)n(-c2ccc(Cl)cc2)n1. The molecule has 28 heavy (non-hydrogen) atoms. The van der Waals surface area contributed by atoms with Gasteiger partial charge in [-0.1, -0.05) is 23.7 Å². The lowest BCUT2D eigenvalue weighted by Crippen LogP contribution is -2.17. The molecule has 4 rings (SSSR count). The standard InChI is InChI=1S/C21H18ClN5O/c1-15-13-20(27(25-15)19-9-5-17(22)6-10-19)24-21(28)14-16-3-7-18(8-4-16)26-12-2-11-23-26/h2-13H,14H2,1H3,(H,24,28). The van der Waals surface area contributed by atoms with E-state index in [4.69, 9.17) is 11.6 Å². The van der Waals surface area contributed by atoms with Gasteiger partial charge in [-0.25, -0.2) is 9.36 Å². The van der Waals surface area contributed by atoms with Gasteiger partial charge in [0.15, 0.2) is 0 Å². The first-order valence-corrected chi connectivity index (χ1v) is 9.18. The number of carbonyl (C=O) groups excluding carboxylic acids is 1. The van der Waals surface area contributed by atoms with Gasteiger partial charge in [-0.15, -0.1) is 0 Å². The molecule has 1 N–H and O–H groups in total. The maximum absolute atomic E-state index is 12.6. The van der Waals surface area contributed by atoms with E-state index in [0.717, 1.165) is 22.6 Å². The fourth-order valence-corrected chi connectivity index (χ4v) is 3.05. The molecule has 0 saturated heterocycles. The number of rotatable bonds is 5. The first-order chi connectivity index (χ1) is 13.6.